The SMILES string of the molecule is COC(=O)c1cccc(C(c2ccccc2C(=O)OC)(C(F)(F)F)C(F)(F)F)c1. The number of esters is 2. The number of carbonyl (C=O) groups excluding carboxylic acids is 2. The van der Waals surface area contributed by atoms with E-state index in [4.69, 9.17) is 0 Å². The van der Waals surface area contributed by atoms with Gasteiger partial charge >= 0.3 is 24.3 Å². The highest BCUT2D eigenvalue weighted by atomic mass is 19.4. The number of ether oxygens (including phenoxy) is 2. The standard InChI is InChI=1S/C19H14F6O4/c1-28-15(26)11-6-5-7-12(10-11)17(18(20,21)22,19(23,24)25)14-9-4-3-8-13(14)16(27)29-2/h3-10H,1-2H3. The van der Waals surface area contributed by atoms with Crippen LogP contribution in [0.3, 0.4) is 0 Å². The molecule has 0 aromatic heterocycles. The molecule has 2 aromatic carbocycles. The Labute approximate surface area is 161 Å². The summed E-state index contributed by atoms with van der Waals surface area (Å²) in [5, 5.41) is 0. The molecule has 0 saturated heterocycles. The molecular formula is C19H14F6O4. The molecule has 0 unspecified atom stereocenters. The maximum Gasteiger partial charge on any atom is 0.411 e. The molecule has 0 amide bonds. The van der Waals surface area contributed by atoms with E-state index < -0.39 is 52.0 Å². The van der Waals surface area contributed by atoms with Gasteiger partial charge in [0.2, 0.25) is 5.41 Å². The second-order valence-electron chi connectivity index (χ2n) is 5.86. The summed E-state index contributed by atoms with van der Waals surface area (Å²) in [6.07, 6.45) is -11.9. The molecule has 0 radical (unpaired) electrons. The minimum Gasteiger partial charge on any atom is -0.465 e. The van der Waals surface area contributed by atoms with Crippen LogP contribution >= 0.6 is 0 Å². The Bertz CT molecular complexity index is 903. The van der Waals surface area contributed by atoms with Gasteiger partial charge in [-0.3, -0.25) is 0 Å². The first-order valence-electron chi connectivity index (χ1n) is 7.92. The average molecular weight is 420 g/mol. The van der Waals surface area contributed by atoms with E-state index in [9.17, 15) is 35.9 Å². The molecule has 0 fully saturated rings. The number of benzene rings is 2. The molecule has 0 spiro atoms. The van der Waals surface area contributed by atoms with Gasteiger partial charge in [-0.05, 0) is 29.3 Å². The summed E-state index contributed by atoms with van der Waals surface area (Å²) >= 11 is 0. The normalized spacial score (nSPS) is 12.4. The molecule has 0 bridgehead atoms. The van der Waals surface area contributed by atoms with E-state index in [1.165, 1.54) is 0 Å². The van der Waals surface area contributed by atoms with Crippen LogP contribution in [0, 0.1) is 0 Å². The Morgan fingerprint density at radius 3 is 1.83 bits per heavy atom. The fraction of sp³-hybridized carbons (Fsp3) is 0.263. The summed E-state index contributed by atoms with van der Waals surface area (Å²) in [6.45, 7) is 0. The molecule has 2 rings (SSSR count). The number of hydrogen-bond acceptors (Lipinski definition) is 4. The van der Waals surface area contributed by atoms with Gasteiger partial charge in [0.1, 0.15) is 0 Å². The van der Waals surface area contributed by atoms with Crippen LogP contribution in [-0.4, -0.2) is 38.5 Å². The zero-order chi connectivity index (χ0) is 22.0. The van der Waals surface area contributed by atoms with Crippen molar-refractivity contribution in [2.45, 2.75) is 17.8 Å². The first-order chi connectivity index (χ1) is 13.4. The van der Waals surface area contributed by atoms with Crippen molar-refractivity contribution >= 4 is 11.9 Å². The molecule has 2 aromatic rings. The van der Waals surface area contributed by atoms with Crippen molar-refractivity contribution in [2.75, 3.05) is 14.2 Å². The fourth-order valence-corrected chi connectivity index (χ4v) is 3.04. The number of methoxy groups -OCH3 is 2. The number of rotatable bonds is 4. The van der Waals surface area contributed by atoms with Crippen LogP contribution in [0.1, 0.15) is 31.8 Å². The topological polar surface area (TPSA) is 52.6 Å². The predicted octanol–water partition coefficient (Wildman–Crippen LogP) is 4.67. The van der Waals surface area contributed by atoms with E-state index in [2.05, 4.69) is 9.47 Å². The Morgan fingerprint density at radius 2 is 1.31 bits per heavy atom. The third kappa shape index (κ3) is 3.66. The molecule has 0 saturated carbocycles. The third-order valence-corrected chi connectivity index (χ3v) is 4.30. The van der Waals surface area contributed by atoms with Crippen molar-refractivity contribution in [1.82, 2.24) is 0 Å². The highest BCUT2D eigenvalue weighted by Crippen LogP contribution is 2.57. The Kier molecular flexibility index (Phi) is 5.96. The molecule has 0 heterocycles. The van der Waals surface area contributed by atoms with E-state index >= 15 is 0 Å². The Morgan fingerprint density at radius 1 is 0.759 bits per heavy atom. The molecular weight excluding hydrogens is 406 g/mol. The zero-order valence-electron chi connectivity index (χ0n) is 15.0. The summed E-state index contributed by atoms with van der Waals surface area (Å²) in [7, 11) is 1.77. The van der Waals surface area contributed by atoms with E-state index in [0.29, 0.717) is 18.2 Å². The smallest absolute Gasteiger partial charge is 0.411 e. The van der Waals surface area contributed by atoms with E-state index in [1.807, 2.05) is 0 Å². The van der Waals surface area contributed by atoms with Gasteiger partial charge in [-0.2, -0.15) is 26.3 Å². The summed E-state index contributed by atoms with van der Waals surface area (Å²) in [6, 6.07) is 6.32. The highest BCUT2D eigenvalue weighted by molar-refractivity contribution is 5.92. The average Bonchev–Trinajstić information content (AvgIpc) is 2.65. The largest absolute Gasteiger partial charge is 0.465 e. The minimum atomic E-state index is -5.93. The lowest BCUT2D eigenvalue weighted by molar-refractivity contribution is -0.288. The van der Waals surface area contributed by atoms with Gasteiger partial charge in [0.15, 0.2) is 0 Å². The van der Waals surface area contributed by atoms with Crippen LogP contribution in [0.15, 0.2) is 48.5 Å². The second-order valence-corrected chi connectivity index (χ2v) is 5.86. The van der Waals surface area contributed by atoms with Gasteiger partial charge in [0.05, 0.1) is 25.3 Å². The quantitative estimate of drug-likeness (QED) is 0.533. The van der Waals surface area contributed by atoms with Crippen LogP contribution in [0.2, 0.25) is 0 Å². The molecule has 0 aliphatic rings. The molecule has 4 nitrogen and oxygen atoms in total. The van der Waals surface area contributed by atoms with Gasteiger partial charge in [0, 0.05) is 0 Å². The monoisotopic (exact) mass is 420 g/mol. The summed E-state index contributed by atoms with van der Waals surface area (Å²) in [5.74, 6) is -2.49. The lowest BCUT2D eigenvalue weighted by Gasteiger charge is -2.39. The molecule has 0 aliphatic heterocycles. The Hall–Kier alpha value is -3.04. The van der Waals surface area contributed by atoms with Gasteiger partial charge < -0.3 is 9.47 Å². The number of hydrogen-bond donors (Lipinski definition) is 0. The third-order valence-electron chi connectivity index (χ3n) is 4.30. The number of alkyl halides is 6. The molecule has 0 N–H and O–H groups in total. The van der Waals surface area contributed by atoms with Crippen LogP contribution < -0.4 is 0 Å². The lowest BCUT2D eigenvalue weighted by Crippen LogP contribution is -2.55. The van der Waals surface area contributed by atoms with E-state index in [-0.39, 0.29) is 0 Å². The molecule has 0 aliphatic carbocycles. The second kappa shape index (κ2) is 7.76. The van der Waals surface area contributed by atoms with E-state index in [0.717, 1.165) is 44.6 Å². The fourth-order valence-electron chi connectivity index (χ4n) is 3.04. The van der Waals surface area contributed by atoms with Crippen molar-refractivity contribution in [3.63, 3.8) is 0 Å². The van der Waals surface area contributed by atoms with Crippen molar-refractivity contribution in [2.24, 2.45) is 0 Å². The molecule has 156 valence electrons. The van der Waals surface area contributed by atoms with Crippen molar-refractivity contribution in [3.8, 4) is 0 Å². The van der Waals surface area contributed by atoms with Gasteiger partial charge in [-0.15, -0.1) is 0 Å². The predicted molar refractivity (Wildman–Crippen MR) is 88.5 cm³/mol. The summed E-state index contributed by atoms with van der Waals surface area (Å²) in [4.78, 5) is 23.6. The number of halogens is 6. The summed E-state index contributed by atoms with van der Waals surface area (Å²) < 4.78 is 94.0. The first kappa shape index (κ1) is 22.3. The summed E-state index contributed by atoms with van der Waals surface area (Å²) in [5.41, 5.74) is -8.69. The zero-order valence-corrected chi connectivity index (χ0v) is 15.0. The highest BCUT2D eigenvalue weighted by Gasteiger charge is 2.73. The van der Waals surface area contributed by atoms with Gasteiger partial charge in [-0.25, -0.2) is 9.59 Å². The van der Waals surface area contributed by atoms with Crippen molar-refractivity contribution in [1.29, 1.82) is 0 Å². The van der Waals surface area contributed by atoms with Crippen LogP contribution in [0.5, 0.6) is 0 Å². The number of carbonyl (C=O) groups is 2. The van der Waals surface area contributed by atoms with Crippen molar-refractivity contribution < 1.29 is 45.4 Å². The molecule has 29 heavy (non-hydrogen) atoms. The lowest BCUT2D eigenvalue weighted by atomic mass is 9.71. The van der Waals surface area contributed by atoms with Gasteiger partial charge in [-0.1, -0.05) is 30.3 Å². The van der Waals surface area contributed by atoms with Crippen LogP contribution in [0.4, 0.5) is 26.3 Å². The molecule has 0 atom stereocenters. The molecule has 10 heteroatoms. The first-order valence-corrected chi connectivity index (χ1v) is 7.92. The van der Waals surface area contributed by atoms with Crippen LogP contribution in [-0.2, 0) is 14.9 Å². The van der Waals surface area contributed by atoms with Crippen LogP contribution in [0.25, 0.3) is 0 Å². The van der Waals surface area contributed by atoms with E-state index in [1.54, 1.807) is 0 Å². The maximum atomic E-state index is 14.2. The Balaban J connectivity index is 3.02. The van der Waals surface area contributed by atoms with Gasteiger partial charge in [0.25, 0.3) is 0 Å². The van der Waals surface area contributed by atoms with Crippen molar-refractivity contribution in [3.05, 3.63) is 70.8 Å². The maximum absolute atomic E-state index is 14.2. The minimum absolute atomic E-state index is 0.445.